The highest BCUT2D eigenvalue weighted by Crippen LogP contribution is 2.49. The molecule has 2 atom stereocenters. The van der Waals surface area contributed by atoms with Crippen LogP contribution < -0.4 is 10.7 Å². The number of hydrogen-bond donors (Lipinski definition) is 1. The topological polar surface area (TPSA) is 51.1 Å². The van der Waals surface area contributed by atoms with E-state index in [1.807, 2.05) is 35.8 Å². The molecule has 1 saturated carbocycles. The molecule has 0 radical (unpaired) electrons. The fourth-order valence-corrected chi connectivity index (χ4v) is 3.45. The molecule has 1 aromatic carbocycles. The van der Waals surface area contributed by atoms with Gasteiger partial charge >= 0.3 is 0 Å². The van der Waals surface area contributed by atoms with E-state index in [1.54, 1.807) is 12.4 Å². The molecule has 1 fully saturated rings. The highest BCUT2D eigenvalue weighted by molar-refractivity contribution is 9.10. The number of halogens is 2. The predicted molar refractivity (Wildman–Crippen MR) is 95.0 cm³/mol. The van der Waals surface area contributed by atoms with Gasteiger partial charge in [0.25, 0.3) is 0 Å². The number of aryl methyl sites for hydroxylation is 1. The van der Waals surface area contributed by atoms with Gasteiger partial charge in [0.15, 0.2) is 0 Å². The summed E-state index contributed by atoms with van der Waals surface area (Å²) in [7, 11) is 0. The van der Waals surface area contributed by atoms with Gasteiger partial charge in [0, 0.05) is 29.9 Å². The van der Waals surface area contributed by atoms with Crippen LogP contribution in [-0.4, -0.2) is 10.5 Å². The molecule has 6 heteroatoms. The van der Waals surface area contributed by atoms with E-state index in [0.717, 1.165) is 12.0 Å². The van der Waals surface area contributed by atoms with Crippen LogP contribution in [0.5, 0.6) is 0 Å². The molecule has 0 unspecified atom stereocenters. The highest BCUT2D eigenvalue weighted by atomic mass is 79.9. The van der Waals surface area contributed by atoms with Crippen LogP contribution in [0.4, 0.5) is 5.69 Å². The summed E-state index contributed by atoms with van der Waals surface area (Å²) in [6.45, 7) is 2.68. The maximum atomic E-state index is 12.4. The van der Waals surface area contributed by atoms with Gasteiger partial charge in [-0.15, -0.1) is 0 Å². The Morgan fingerprint density at radius 1 is 1.39 bits per heavy atom. The van der Waals surface area contributed by atoms with Gasteiger partial charge in [0.05, 0.1) is 4.47 Å². The third-order valence-electron chi connectivity index (χ3n) is 4.09. The predicted octanol–water partition coefficient (Wildman–Crippen LogP) is 4.03. The number of amides is 1. The summed E-state index contributed by atoms with van der Waals surface area (Å²) >= 11 is 9.42. The van der Waals surface area contributed by atoms with Crippen molar-refractivity contribution in [2.24, 2.45) is 5.92 Å². The van der Waals surface area contributed by atoms with E-state index in [2.05, 4.69) is 21.2 Å². The van der Waals surface area contributed by atoms with E-state index >= 15 is 0 Å². The molecule has 2 aromatic rings. The Bertz CT molecular complexity index is 818. The minimum absolute atomic E-state index is 0.129. The summed E-state index contributed by atoms with van der Waals surface area (Å²) in [5.41, 5.74) is 1.09. The molecule has 1 aliphatic rings. The molecule has 120 valence electrons. The highest BCUT2D eigenvalue weighted by Gasteiger charge is 2.44. The minimum atomic E-state index is -0.210. The molecule has 4 nitrogen and oxygen atoms in total. The molecule has 23 heavy (non-hydrogen) atoms. The van der Waals surface area contributed by atoms with E-state index < -0.39 is 0 Å². The van der Waals surface area contributed by atoms with Crippen molar-refractivity contribution in [1.29, 1.82) is 0 Å². The SMILES string of the molecule is CCn1cc(Br)c(=O)c(NC(=O)[C@H]2C[C@H]2c2ccccc2Cl)c1. The second-order valence-corrected chi connectivity index (χ2v) is 6.90. The summed E-state index contributed by atoms with van der Waals surface area (Å²) < 4.78 is 2.29. The van der Waals surface area contributed by atoms with Crippen molar-refractivity contribution in [3.63, 3.8) is 0 Å². The van der Waals surface area contributed by atoms with Gasteiger partial charge in [-0.1, -0.05) is 29.8 Å². The lowest BCUT2D eigenvalue weighted by molar-refractivity contribution is -0.117. The number of anilines is 1. The number of rotatable bonds is 4. The van der Waals surface area contributed by atoms with Crippen molar-refractivity contribution in [2.75, 3.05) is 5.32 Å². The van der Waals surface area contributed by atoms with Gasteiger partial charge in [-0.25, -0.2) is 0 Å². The summed E-state index contributed by atoms with van der Waals surface area (Å²) in [5.74, 6) is -0.139. The second-order valence-electron chi connectivity index (χ2n) is 5.64. The third-order valence-corrected chi connectivity index (χ3v) is 5.00. The summed E-state index contributed by atoms with van der Waals surface area (Å²) in [6.07, 6.45) is 4.13. The number of aromatic nitrogens is 1. The molecule has 1 aromatic heterocycles. The molecule has 1 amide bonds. The Hall–Kier alpha value is -1.59. The van der Waals surface area contributed by atoms with Crippen LogP contribution in [0.3, 0.4) is 0 Å². The van der Waals surface area contributed by atoms with Crippen molar-refractivity contribution in [1.82, 2.24) is 4.57 Å². The average molecular weight is 396 g/mol. The zero-order chi connectivity index (χ0) is 16.6. The lowest BCUT2D eigenvalue weighted by Gasteiger charge is -2.09. The van der Waals surface area contributed by atoms with Gasteiger partial charge in [0.1, 0.15) is 5.69 Å². The van der Waals surface area contributed by atoms with Crippen LogP contribution in [0.25, 0.3) is 0 Å². The van der Waals surface area contributed by atoms with Gasteiger partial charge in [-0.3, -0.25) is 9.59 Å². The number of nitrogens with one attached hydrogen (secondary N) is 1. The Labute approximate surface area is 147 Å². The monoisotopic (exact) mass is 394 g/mol. The molecule has 0 spiro atoms. The average Bonchev–Trinajstić information content (AvgIpc) is 3.32. The number of carbonyl (C=O) groups is 1. The number of pyridine rings is 1. The van der Waals surface area contributed by atoms with Gasteiger partial charge in [-0.2, -0.15) is 0 Å². The molecule has 1 aliphatic carbocycles. The largest absolute Gasteiger partial charge is 0.351 e. The van der Waals surface area contributed by atoms with Gasteiger partial charge < -0.3 is 9.88 Å². The van der Waals surface area contributed by atoms with Crippen molar-refractivity contribution >= 4 is 39.1 Å². The van der Waals surface area contributed by atoms with Gasteiger partial charge in [0.2, 0.25) is 11.3 Å². The molecule has 1 N–H and O–H groups in total. The maximum Gasteiger partial charge on any atom is 0.228 e. The Morgan fingerprint density at radius 2 is 2.13 bits per heavy atom. The standard InChI is InChI=1S/C17H16BrClN2O2/c1-2-21-8-13(18)16(22)15(9-21)20-17(23)12-7-11(12)10-5-3-4-6-14(10)19/h3-6,8-9,11-12H,2,7H2,1H3,(H,20,23)/t11-,12-/m0/s1. The smallest absolute Gasteiger partial charge is 0.228 e. The first kappa shape index (κ1) is 16.3. The number of benzene rings is 1. The van der Waals surface area contributed by atoms with Crippen LogP contribution >= 0.6 is 27.5 Å². The molecule has 1 heterocycles. The zero-order valence-electron chi connectivity index (χ0n) is 12.6. The van der Waals surface area contributed by atoms with Crippen molar-refractivity contribution in [2.45, 2.75) is 25.8 Å². The first-order valence-electron chi connectivity index (χ1n) is 7.46. The molecule has 0 saturated heterocycles. The second kappa shape index (κ2) is 6.49. The first-order valence-corrected chi connectivity index (χ1v) is 8.63. The van der Waals surface area contributed by atoms with E-state index in [1.165, 1.54) is 0 Å². The Kier molecular flexibility index (Phi) is 4.60. The third kappa shape index (κ3) is 3.35. The molecule has 0 aliphatic heterocycles. The van der Waals surface area contributed by atoms with E-state index in [9.17, 15) is 9.59 Å². The van der Waals surface area contributed by atoms with Crippen molar-refractivity contribution in [3.8, 4) is 0 Å². The van der Waals surface area contributed by atoms with Crippen molar-refractivity contribution < 1.29 is 4.79 Å². The van der Waals surface area contributed by atoms with Crippen LogP contribution in [-0.2, 0) is 11.3 Å². The van der Waals surface area contributed by atoms with Crippen molar-refractivity contribution in [3.05, 3.63) is 61.9 Å². The summed E-state index contributed by atoms with van der Waals surface area (Å²) in [4.78, 5) is 24.5. The lowest BCUT2D eigenvalue weighted by atomic mass is 10.1. The number of hydrogen-bond acceptors (Lipinski definition) is 2. The lowest BCUT2D eigenvalue weighted by Crippen LogP contribution is -2.22. The fraction of sp³-hybridized carbons (Fsp3) is 0.294. The van der Waals surface area contributed by atoms with Crippen LogP contribution in [0.2, 0.25) is 5.02 Å². The summed E-state index contributed by atoms with van der Waals surface area (Å²) in [5, 5.41) is 3.45. The van der Waals surface area contributed by atoms with Gasteiger partial charge in [-0.05, 0) is 46.8 Å². The van der Waals surface area contributed by atoms with Crippen LogP contribution in [0.1, 0.15) is 24.8 Å². The van der Waals surface area contributed by atoms with E-state index in [-0.39, 0.29) is 23.2 Å². The molecule has 0 bridgehead atoms. The first-order chi connectivity index (χ1) is 11.0. The number of nitrogens with zero attached hydrogens (tertiary/aromatic N) is 1. The zero-order valence-corrected chi connectivity index (χ0v) is 14.9. The molecule has 3 rings (SSSR count). The molecular formula is C17H16BrClN2O2. The fourth-order valence-electron chi connectivity index (χ4n) is 2.70. The Morgan fingerprint density at radius 3 is 2.83 bits per heavy atom. The normalized spacial score (nSPS) is 19.4. The van der Waals surface area contributed by atoms with Crippen LogP contribution in [0.15, 0.2) is 45.9 Å². The summed E-state index contributed by atoms with van der Waals surface area (Å²) in [6, 6.07) is 7.57. The number of carbonyl (C=O) groups excluding carboxylic acids is 1. The quantitative estimate of drug-likeness (QED) is 0.850. The maximum absolute atomic E-state index is 12.4. The minimum Gasteiger partial charge on any atom is -0.351 e. The Balaban J connectivity index is 1.76. The molecular weight excluding hydrogens is 380 g/mol. The van der Waals surface area contributed by atoms with Crippen LogP contribution in [0, 0.1) is 5.92 Å². The van der Waals surface area contributed by atoms with E-state index in [4.69, 9.17) is 11.6 Å². The van der Waals surface area contributed by atoms with E-state index in [0.29, 0.717) is 21.7 Å².